The van der Waals surface area contributed by atoms with E-state index in [-0.39, 0.29) is 5.91 Å². The van der Waals surface area contributed by atoms with Crippen molar-refractivity contribution in [3.8, 4) is 11.3 Å². The average molecular weight is 350 g/mol. The number of methoxy groups -OCH3 is 1. The lowest BCUT2D eigenvalue weighted by atomic mass is 10.1. The first-order valence-corrected chi connectivity index (χ1v) is 8.59. The smallest absolute Gasteiger partial charge is 0.220 e. The van der Waals surface area contributed by atoms with Gasteiger partial charge in [-0.1, -0.05) is 54.6 Å². The number of amides is 1. The summed E-state index contributed by atoms with van der Waals surface area (Å²) >= 11 is 0. The van der Waals surface area contributed by atoms with Crippen LogP contribution in [0.5, 0.6) is 0 Å². The number of hydrogen-bond donors (Lipinski definition) is 1. The first kappa shape index (κ1) is 17.9. The lowest BCUT2D eigenvalue weighted by Crippen LogP contribution is -2.23. The molecule has 0 saturated heterocycles. The second-order valence-electron chi connectivity index (χ2n) is 5.96. The van der Waals surface area contributed by atoms with Gasteiger partial charge in [-0.3, -0.25) is 4.79 Å². The number of nitrogens with zero attached hydrogens (tertiary/aromatic N) is 1. The molecule has 0 bridgehead atoms. The molecule has 0 saturated carbocycles. The molecule has 0 fully saturated rings. The van der Waals surface area contributed by atoms with Crippen LogP contribution in [0.25, 0.3) is 11.3 Å². The maximum absolute atomic E-state index is 12.1. The maximum Gasteiger partial charge on any atom is 0.220 e. The van der Waals surface area contributed by atoms with Crippen molar-refractivity contribution in [1.82, 2.24) is 10.3 Å². The summed E-state index contributed by atoms with van der Waals surface area (Å²) < 4.78 is 10.9. The summed E-state index contributed by atoms with van der Waals surface area (Å²) in [7, 11) is 1.66. The molecule has 134 valence electrons. The fourth-order valence-electron chi connectivity index (χ4n) is 2.69. The van der Waals surface area contributed by atoms with Crippen molar-refractivity contribution in [3.05, 3.63) is 77.8 Å². The van der Waals surface area contributed by atoms with Crippen molar-refractivity contribution >= 4 is 5.91 Å². The molecule has 0 radical (unpaired) electrons. The third-order valence-corrected chi connectivity index (χ3v) is 4.07. The van der Waals surface area contributed by atoms with Gasteiger partial charge in [-0.25, -0.2) is 4.98 Å². The highest BCUT2D eigenvalue weighted by Gasteiger charge is 2.09. The standard InChI is InChI=1S/C21H22N2O3/c1-25-15-18-10-6-5-9-17(18)13-22-20(24)11-12-21-23-14-19(26-21)16-7-3-2-4-8-16/h2-10,14H,11-13,15H2,1H3,(H,22,24). The quantitative estimate of drug-likeness (QED) is 0.672. The molecule has 3 rings (SSSR count). The molecule has 2 aromatic carbocycles. The molecule has 0 spiro atoms. The van der Waals surface area contributed by atoms with Gasteiger partial charge in [-0.2, -0.15) is 0 Å². The van der Waals surface area contributed by atoms with Crippen LogP contribution < -0.4 is 5.32 Å². The van der Waals surface area contributed by atoms with E-state index in [1.54, 1.807) is 13.3 Å². The van der Waals surface area contributed by atoms with E-state index in [0.717, 1.165) is 22.5 Å². The second-order valence-corrected chi connectivity index (χ2v) is 5.96. The van der Waals surface area contributed by atoms with Crippen LogP contribution in [0.3, 0.4) is 0 Å². The van der Waals surface area contributed by atoms with Gasteiger partial charge in [-0.15, -0.1) is 0 Å². The summed E-state index contributed by atoms with van der Waals surface area (Å²) in [4.78, 5) is 16.4. The molecule has 1 amide bonds. The number of aromatic nitrogens is 1. The largest absolute Gasteiger partial charge is 0.441 e. The van der Waals surface area contributed by atoms with E-state index in [0.29, 0.717) is 31.9 Å². The number of benzene rings is 2. The number of nitrogens with one attached hydrogen (secondary N) is 1. The number of carbonyl (C=O) groups is 1. The van der Waals surface area contributed by atoms with Crippen molar-refractivity contribution in [2.24, 2.45) is 0 Å². The normalized spacial score (nSPS) is 10.7. The van der Waals surface area contributed by atoms with Crippen LogP contribution in [0.2, 0.25) is 0 Å². The molecule has 1 aromatic heterocycles. The van der Waals surface area contributed by atoms with Crippen LogP contribution in [-0.4, -0.2) is 18.0 Å². The van der Waals surface area contributed by atoms with Crippen molar-refractivity contribution in [1.29, 1.82) is 0 Å². The van der Waals surface area contributed by atoms with Gasteiger partial charge in [0.1, 0.15) is 0 Å². The van der Waals surface area contributed by atoms with E-state index in [4.69, 9.17) is 9.15 Å². The van der Waals surface area contributed by atoms with E-state index in [9.17, 15) is 4.79 Å². The summed E-state index contributed by atoms with van der Waals surface area (Å²) in [6.45, 7) is 1.02. The van der Waals surface area contributed by atoms with Gasteiger partial charge in [0.25, 0.3) is 0 Å². The van der Waals surface area contributed by atoms with Crippen molar-refractivity contribution in [3.63, 3.8) is 0 Å². The van der Waals surface area contributed by atoms with Gasteiger partial charge < -0.3 is 14.5 Å². The monoisotopic (exact) mass is 350 g/mol. The minimum Gasteiger partial charge on any atom is -0.441 e. The zero-order chi connectivity index (χ0) is 18.2. The van der Waals surface area contributed by atoms with E-state index in [1.807, 2.05) is 54.6 Å². The van der Waals surface area contributed by atoms with Gasteiger partial charge in [0.15, 0.2) is 11.7 Å². The highest BCUT2D eigenvalue weighted by Crippen LogP contribution is 2.20. The fraction of sp³-hybridized carbons (Fsp3) is 0.238. The van der Waals surface area contributed by atoms with Crippen LogP contribution in [0.1, 0.15) is 23.4 Å². The topological polar surface area (TPSA) is 64.4 Å². The first-order valence-electron chi connectivity index (χ1n) is 8.59. The molecular weight excluding hydrogens is 328 g/mol. The van der Waals surface area contributed by atoms with Gasteiger partial charge in [0.2, 0.25) is 5.91 Å². The lowest BCUT2D eigenvalue weighted by Gasteiger charge is -2.09. The molecule has 0 aliphatic carbocycles. The lowest BCUT2D eigenvalue weighted by molar-refractivity contribution is -0.121. The Morgan fingerprint density at radius 2 is 1.81 bits per heavy atom. The Morgan fingerprint density at radius 1 is 1.08 bits per heavy atom. The van der Waals surface area contributed by atoms with Crippen LogP contribution >= 0.6 is 0 Å². The van der Waals surface area contributed by atoms with Gasteiger partial charge >= 0.3 is 0 Å². The van der Waals surface area contributed by atoms with Gasteiger partial charge in [0.05, 0.1) is 12.8 Å². The van der Waals surface area contributed by atoms with Crippen molar-refractivity contribution in [2.75, 3.05) is 7.11 Å². The highest BCUT2D eigenvalue weighted by molar-refractivity contribution is 5.76. The fourth-order valence-corrected chi connectivity index (χ4v) is 2.69. The molecule has 3 aromatic rings. The van der Waals surface area contributed by atoms with Crippen LogP contribution in [-0.2, 0) is 29.1 Å². The third-order valence-electron chi connectivity index (χ3n) is 4.07. The molecule has 0 aliphatic heterocycles. The second kappa shape index (κ2) is 8.97. The molecule has 0 unspecified atom stereocenters. The molecule has 1 heterocycles. The Hall–Kier alpha value is -2.92. The zero-order valence-corrected chi connectivity index (χ0v) is 14.8. The Balaban J connectivity index is 1.50. The van der Waals surface area contributed by atoms with Gasteiger partial charge in [-0.05, 0) is 11.1 Å². The van der Waals surface area contributed by atoms with Gasteiger partial charge in [0, 0.05) is 32.1 Å². The van der Waals surface area contributed by atoms with E-state index < -0.39 is 0 Å². The highest BCUT2D eigenvalue weighted by atomic mass is 16.5. The number of hydrogen-bond acceptors (Lipinski definition) is 4. The van der Waals surface area contributed by atoms with Crippen LogP contribution in [0, 0.1) is 0 Å². The maximum atomic E-state index is 12.1. The molecule has 5 nitrogen and oxygen atoms in total. The average Bonchev–Trinajstić information content (AvgIpc) is 3.16. The Bertz CT molecular complexity index is 843. The molecule has 26 heavy (non-hydrogen) atoms. The molecule has 5 heteroatoms. The minimum atomic E-state index is -0.0309. The van der Waals surface area contributed by atoms with E-state index in [2.05, 4.69) is 10.3 Å². The summed E-state index contributed by atoms with van der Waals surface area (Å²) in [6, 6.07) is 17.7. The van der Waals surface area contributed by atoms with E-state index >= 15 is 0 Å². The molecule has 1 N–H and O–H groups in total. The van der Waals surface area contributed by atoms with E-state index in [1.165, 1.54) is 0 Å². The summed E-state index contributed by atoms with van der Waals surface area (Å²) in [5, 5.41) is 2.94. The Kier molecular flexibility index (Phi) is 6.17. The molecule has 0 atom stereocenters. The van der Waals surface area contributed by atoms with Crippen LogP contribution in [0.15, 0.2) is 65.2 Å². The molecular formula is C21H22N2O3. The summed E-state index contributed by atoms with van der Waals surface area (Å²) in [5.74, 6) is 1.25. The number of ether oxygens (including phenoxy) is 1. The van der Waals surface area contributed by atoms with Crippen LogP contribution in [0.4, 0.5) is 0 Å². The third kappa shape index (κ3) is 4.80. The van der Waals surface area contributed by atoms with Crippen molar-refractivity contribution in [2.45, 2.75) is 26.0 Å². The number of aryl methyl sites for hydroxylation is 1. The first-order chi connectivity index (χ1) is 12.8. The van der Waals surface area contributed by atoms with Crippen molar-refractivity contribution < 1.29 is 13.9 Å². The summed E-state index contributed by atoms with van der Waals surface area (Å²) in [5.41, 5.74) is 3.12. The number of carbonyl (C=O) groups excluding carboxylic acids is 1. The number of rotatable bonds is 8. The minimum absolute atomic E-state index is 0.0309. The SMILES string of the molecule is COCc1ccccc1CNC(=O)CCc1ncc(-c2ccccc2)o1. The Morgan fingerprint density at radius 3 is 2.58 bits per heavy atom. The number of oxazole rings is 1. The summed E-state index contributed by atoms with van der Waals surface area (Å²) in [6.07, 6.45) is 2.50. The predicted molar refractivity (Wildman–Crippen MR) is 99.3 cm³/mol. The Labute approximate surface area is 153 Å². The zero-order valence-electron chi connectivity index (χ0n) is 14.8. The molecule has 0 aliphatic rings. The predicted octanol–water partition coefficient (Wildman–Crippen LogP) is 3.74.